The zero-order valence-electron chi connectivity index (χ0n) is 19.0. The van der Waals surface area contributed by atoms with Crippen molar-refractivity contribution in [1.29, 1.82) is 0 Å². The molecule has 5 rings (SSSR count). The monoisotopic (exact) mass is 455 g/mol. The number of nitrogens with zero attached hydrogens (tertiary/aromatic N) is 3. The summed E-state index contributed by atoms with van der Waals surface area (Å²) >= 11 is 0. The van der Waals surface area contributed by atoms with Crippen molar-refractivity contribution in [3.05, 3.63) is 59.3 Å². The van der Waals surface area contributed by atoms with Crippen molar-refractivity contribution in [2.75, 3.05) is 6.61 Å². The number of fused-ring (bicyclic) bond motifs is 3. The van der Waals surface area contributed by atoms with Gasteiger partial charge in [-0.3, -0.25) is 4.79 Å². The Kier molecular flexibility index (Phi) is 5.23. The molecule has 2 aliphatic rings. The Balaban J connectivity index is 1.49. The standard InChI is InChI=1S/C25H27F2N3O3/c1-15(2)33-20-10-22-29-21(25-8-7-24(3,13-25)32-14-25)12-30(22)11-16(20)9-19(31)17-5-4-6-18(28-17)23(26)27/h4-6,10-12,15,23H,7-9,13-14H2,1-3H3. The molecular formula is C25H27F2N3O3. The normalized spacial score (nSPS) is 24.3. The summed E-state index contributed by atoms with van der Waals surface area (Å²) < 4.78 is 40.0. The highest BCUT2D eigenvalue weighted by Crippen LogP contribution is 2.53. The van der Waals surface area contributed by atoms with E-state index in [1.54, 1.807) is 0 Å². The fraction of sp³-hybridized carbons (Fsp3) is 0.480. The summed E-state index contributed by atoms with van der Waals surface area (Å²) in [5.74, 6) is 0.213. The predicted molar refractivity (Wildman–Crippen MR) is 118 cm³/mol. The van der Waals surface area contributed by atoms with Crippen molar-refractivity contribution in [3.8, 4) is 5.75 Å². The number of rotatable bonds is 7. The summed E-state index contributed by atoms with van der Waals surface area (Å²) in [6, 6.07) is 5.95. The molecule has 1 saturated heterocycles. The number of ether oxygens (including phenoxy) is 2. The highest BCUT2D eigenvalue weighted by atomic mass is 19.3. The van der Waals surface area contributed by atoms with E-state index in [1.807, 2.05) is 36.7 Å². The van der Waals surface area contributed by atoms with Gasteiger partial charge in [-0.15, -0.1) is 0 Å². The Labute approximate surface area is 190 Å². The van der Waals surface area contributed by atoms with Gasteiger partial charge < -0.3 is 13.9 Å². The Morgan fingerprint density at radius 3 is 2.70 bits per heavy atom. The van der Waals surface area contributed by atoms with E-state index in [0.29, 0.717) is 17.9 Å². The van der Waals surface area contributed by atoms with Crippen LogP contribution in [0.25, 0.3) is 5.65 Å². The molecule has 1 aliphatic carbocycles. The lowest BCUT2D eigenvalue weighted by molar-refractivity contribution is -0.00627. The van der Waals surface area contributed by atoms with Gasteiger partial charge in [-0.05, 0) is 52.2 Å². The van der Waals surface area contributed by atoms with Crippen molar-refractivity contribution >= 4 is 11.4 Å². The number of alkyl halides is 2. The predicted octanol–water partition coefficient (Wildman–Crippen LogP) is 5.09. The second-order valence-electron chi connectivity index (χ2n) is 9.77. The number of hydrogen-bond donors (Lipinski definition) is 0. The second kappa shape index (κ2) is 7.87. The minimum atomic E-state index is -2.73. The van der Waals surface area contributed by atoms with Crippen LogP contribution in [0.4, 0.5) is 8.78 Å². The molecule has 0 amide bonds. The molecule has 0 spiro atoms. The molecule has 33 heavy (non-hydrogen) atoms. The fourth-order valence-electron chi connectivity index (χ4n) is 5.05. The smallest absolute Gasteiger partial charge is 0.280 e. The Morgan fingerprint density at radius 2 is 2.06 bits per heavy atom. The molecule has 6 nitrogen and oxygen atoms in total. The highest BCUT2D eigenvalue weighted by molar-refractivity contribution is 5.96. The van der Waals surface area contributed by atoms with E-state index < -0.39 is 12.1 Å². The van der Waals surface area contributed by atoms with Crippen LogP contribution in [0.1, 0.15) is 73.9 Å². The summed E-state index contributed by atoms with van der Waals surface area (Å²) in [6.07, 6.45) is 4.03. The number of imidazole rings is 1. The molecule has 2 fully saturated rings. The average Bonchev–Trinajstić information content (AvgIpc) is 3.44. The maximum absolute atomic E-state index is 13.0. The van der Waals surface area contributed by atoms with Gasteiger partial charge in [0.1, 0.15) is 22.8 Å². The molecular weight excluding hydrogens is 428 g/mol. The van der Waals surface area contributed by atoms with Crippen molar-refractivity contribution < 1.29 is 23.0 Å². The number of halogens is 2. The molecule has 3 aromatic rings. The number of Topliss-reactive ketones (excluding diaryl/α,β-unsaturated/α-hetero) is 1. The van der Waals surface area contributed by atoms with Gasteiger partial charge in [-0.2, -0.15) is 0 Å². The number of ketones is 1. The second-order valence-corrected chi connectivity index (χ2v) is 9.77. The van der Waals surface area contributed by atoms with Crippen molar-refractivity contribution in [2.45, 2.75) is 70.0 Å². The number of aromatic nitrogens is 3. The maximum atomic E-state index is 13.0. The largest absolute Gasteiger partial charge is 0.491 e. The van der Waals surface area contributed by atoms with E-state index in [0.717, 1.165) is 30.6 Å². The molecule has 174 valence electrons. The molecule has 3 aromatic heterocycles. The third-order valence-electron chi connectivity index (χ3n) is 6.71. The van der Waals surface area contributed by atoms with Crippen molar-refractivity contribution in [1.82, 2.24) is 14.4 Å². The number of hydrogen-bond acceptors (Lipinski definition) is 5. The zero-order valence-corrected chi connectivity index (χ0v) is 19.0. The van der Waals surface area contributed by atoms with Gasteiger partial charge in [0.15, 0.2) is 5.78 Å². The topological polar surface area (TPSA) is 65.7 Å². The quantitative estimate of drug-likeness (QED) is 0.465. The maximum Gasteiger partial charge on any atom is 0.280 e. The summed E-state index contributed by atoms with van der Waals surface area (Å²) in [7, 11) is 0. The van der Waals surface area contributed by atoms with E-state index in [2.05, 4.69) is 11.9 Å². The SMILES string of the molecule is CC(C)Oc1cc2nc(C34CCC(C)(C3)OC4)cn2cc1CC(=O)c1cccc(C(F)F)n1. The van der Waals surface area contributed by atoms with Crippen LogP contribution in [0.2, 0.25) is 0 Å². The summed E-state index contributed by atoms with van der Waals surface area (Å²) in [4.78, 5) is 21.6. The lowest BCUT2D eigenvalue weighted by Gasteiger charge is -2.24. The molecule has 1 aliphatic heterocycles. The van der Waals surface area contributed by atoms with E-state index in [1.165, 1.54) is 18.2 Å². The molecule has 2 atom stereocenters. The first kappa shape index (κ1) is 21.9. The van der Waals surface area contributed by atoms with Gasteiger partial charge >= 0.3 is 0 Å². The molecule has 0 radical (unpaired) electrons. The summed E-state index contributed by atoms with van der Waals surface area (Å²) in [5, 5.41) is 0. The van der Waals surface area contributed by atoms with Crippen LogP contribution in [-0.4, -0.2) is 38.5 Å². The number of pyridine rings is 2. The third-order valence-corrected chi connectivity index (χ3v) is 6.71. The van der Waals surface area contributed by atoms with Crippen LogP contribution in [-0.2, 0) is 16.6 Å². The Bertz CT molecular complexity index is 1210. The van der Waals surface area contributed by atoms with E-state index in [4.69, 9.17) is 14.5 Å². The van der Waals surface area contributed by atoms with Gasteiger partial charge in [0.05, 0.1) is 24.0 Å². The van der Waals surface area contributed by atoms with Crippen LogP contribution in [0, 0.1) is 0 Å². The van der Waals surface area contributed by atoms with Crippen molar-refractivity contribution in [3.63, 3.8) is 0 Å². The first-order valence-electron chi connectivity index (χ1n) is 11.3. The minimum absolute atomic E-state index is 0.0157. The fourth-order valence-corrected chi connectivity index (χ4v) is 5.05. The van der Waals surface area contributed by atoms with Gasteiger partial charge in [-0.25, -0.2) is 18.7 Å². The molecule has 1 saturated carbocycles. The first-order chi connectivity index (χ1) is 15.7. The molecule has 4 heterocycles. The summed E-state index contributed by atoms with van der Waals surface area (Å²) in [6.45, 7) is 6.65. The van der Waals surface area contributed by atoms with E-state index >= 15 is 0 Å². The Hall–Kier alpha value is -2.87. The van der Waals surface area contributed by atoms with Gasteiger partial charge in [0, 0.05) is 35.9 Å². The van der Waals surface area contributed by atoms with E-state index in [-0.39, 0.29) is 35.0 Å². The average molecular weight is 456 g/mol. The van der Waals surface area contributed by atoms with Crippen molar-refractivity contribution in [2.24, 2.45) is 0 Å². The first-order valence-corrected chi connectivity index (χ1v) is 11.3. The molecule has 2 unspecified atom stereocenters. The van der Waals surface area contributed by atoms with E-state index in [9.17, 15) is 13.6 Å². The molecule has 0 N–H and O–H groups in total. The number of carbonyl (C=O) groups is 1. The zero-order chi connectivity index (χ0) is 23.4. The van der Waals surface area contributed by atoms with Gasteiger partial charge in [0.25, 0.3) is 6.43 Å². The third kappa shape index (κ3) is 4.01. The van der Waals surface area contributed by atoms with Crippen LogP contribution in [0.15, 0.2) is 36.7 Å². The van der Waals surface area contributed by atoms with Gasteiger partial charge in [0.2, 0.25) is 0 Å². The van der Waals surface area contributed by atoms with Crippen LogP contribution in [0.3, 0.4) is 0 Å². The highest BCUT2D eigenvalue weighted by Gasteiger charge is 2.55. The minimum Gasteiger partial charge on any atom is -0.491 e. The Morgan fingerprint density at radius 1 is 1.24 bits per heavy atom. The van der Waals surface area contributed by atoms with Gasteiger partial charge in [-0.1, -0.05) is 6.07 Å². The molecule has 2 bridgehead atoms. The van der Waals surface area contributed by atoms with Crippen LogP contribution < -0.4 is 4.74 Å². The number of carbonyl (C=O) groups excluding carboxylic acids is 1. The van der Waals surface area contributed by atoms with Crippen LogP contribution in [0.5, 0.6) is 5.75 Å². The van der Waals surface area contributed by atoms with Crippen LogP contribution >= 0.6 is 0 Å². The molecule has 0 aromatic carbocycles. The lowest BCUT2D eigenvalue weighted by Crippen LogP contribution is -2.26. The molecule has 8 heteroatoms. The summed E-state index contributed by atoms with van der Waals surface area (Å²) in [5.41, 5.74) is 1.86. The lowest BCUT2D eigenvalue weighted by atomic mass is 9.84.